The van der Waals surface area contributed by atoms with E-state index < -0.39 is 10.0 Å². The molecule has 3 rings (SSSR count). The number of hydrogen-bond donors (Lipinski definition) is 2. The zero-order chi connectivity index (χ0) is 16.6. The van der Waals surface area contributed by atoms with E-state index in [2.05, 4.69) is 10.0 Å². The molecule has 2 N–H and O–H groups in total. The summed E-state index contributed by atoms with van der Waals surface area (Å²) in [4.78, 5) is 11.5. The van der Waals surface area contributed by atoms with Crippen molar-refractivity contribution in [1.29, 1.82) is 0 Å². The number of sulfonamides is 1. The van der Waals surface area contributed by atoms with Gasteiger partial charge in [0.15, 0.2) is 0 Å². The molecular formula is C16H15ClN2O3S. The number of nitrogens with one attached hydrogen (secondary N) is 2. The van der Waals surface area contributed by atoms with Crippen LogP contribution in [0, 0.1) is 6.92 Å². The highest BCUT2D eigenvalue weighted by Crippen LogP contribution is 2.27. The summed E-state index contributed by atoms with van der Waals surface area (Å²) >= 11 is 6.02. The number of halogens is 1. The van der Waals surface area contributed by atoms with Gasteiger partial charge < -0.3 is 5.32 Å². The highest BCUT2D eigenvalue weighted by atomic mass is 35.5. The van der Waals surface area contributed by atoms with Crippen LogP contribution < -0.4 is 10.0 Å². The summed E-state index contributed by atoms with van der Waals surface area (Å²) in [5.41, 5.74) is 2.76. The van der Waals surface area contributed by atoms with Crippen molar-refractivity contribution in [3.63, 3.8) is 0 Å². The van der Waals surface area contributed by atoms with Crippen LogP contribution in [0.4, 0.5) is 11.4 Å². The number of anilines is 2. The first-order valence-electron chi connectivity index (χ1n) is 7.07. The molecule has 2 aromatic carbocycles. The Labute approximate surface area is 139 Å². The Morgan fingerprint density at radius 2 is 1.91 bits per heavy atom. The Morgan fingerprint density at radius 3 is 2.65 bits per heavy atom. The lowest BCUT2D eigenvalue weighted by atomic mass is 10.0. The van der Waals surface area contributed by atoms with E-state index in [0.29, 0.717) is 29.2 Å². The summed E-state index contributed by atoms with van der Waals surface area (Å²) in [6.45, 7) is 1.85. The minimum Gasteiger partial charge on any atom is -0.326 e. The van der Waals surface area contributed by atoms with Crippen molar-refractivity contribution in [2.75, 3.05) is 10.0 Å². The van der Waals surface area contributed by atoms with E-state index in [0.717, 1.165) is 11.1 Å². The van der Waals surface area contributed by atoms with Crippen LogP contribution in [-0.4, -0.2) is 14.3 Å². The minimum atomic E-state index is -3.71. The van der Waals surface area contributed by atoms with Gasteiger partial charge in [0.05, 0.1) is 10.6 Å². The monoisotopic (exact) mass is 350 g/mol. The molecule has 7 heteroatoms. The molecular weight excluding hydrogens is 336 g/mol. The number of aryl methyl sites for hydroxylation is 2. The largest absolute Gasteiger partial charge is 0.326 e. The molecule has 0 unspecified atom stereocenters. The SMILES string of the molecule is Cc1ccc(NS(=O)(=O)c2ccc3c(c2)CCC(=O)N3)cc1Cl. The molecule has 120 valence electrons. The highest BCUT2D eigenvalue weighted by molar-refractivity contribution is 7.92. The van der Waals surface area contributed by atoms with E-state index in [-0.39, 0.29) is 10.8 Å². The van der Waals surface area contributed by atoms with Gasteiger partial charge in [0, 0.05) is 17.1 Å². The average molecular weight is 351 g/mol. The van der Waals surface area contributed by atoms with Crippen molar-refractivity contribution >= 4 is 38.9 Å². The van der Waals surface area contributed by atoms with Gasteiger partial charge in [-0.2, -0.15) is 0 Å². The van der Waals surface area contributed by atoms with Crippen molar-refractivity contribution in [3.05, 3.63) is 52.5 Å². The zero-order valence-corrected chi connectivity index (χ0v) is 14.0. The zero-order valence-electron chi connectivity index (χ0n) is 12.4. The van der Waals surface area contributed by atoms with Crippen LogP contribution in [0.5, 0.6) is 0 Å². The Morgan fingerprint density at radius 1 is 1.13 bits per heavy atom. The maximum absolute atomic E-state index is 12.5. The fraction of sp³-hybridized carbons (Fsp3) is 0.188. The van der Waals surface area contributed by atoms with Crippen LogP contribution in [0.25, 0.3) is 0 Å². The molecule has 0 spiro atoms. The maximum Gasteiger partial charge on any atom is 0.261 e. The second-order valence-corrected chi connectivity index (χ2v) is 7.53. The molecule has 5 nitrogen and oxygen atoms in total. The van der Waals surface area contributed by atoms with Crippen LogP contribution in [-0.2, 0) is 21.2 Å². The van der Waals surface area contributed by atoms with Gasteiger partial charge in [-0.1, -0.05) is 17.7 Å². The Bertz CT molecular complexity index is 894. The molecule has 1 amide bonds. The number of rotatable bonds is 3. The lowest BCUT2D eigenvalue weighted by Gasteiger charge is -2.18. The molecule has 0 fully saturated rings. The quantitative estimate of drug-likeness (QED) is 0.891. The van der Waals surface area contributed by atoms with Crippen LogP contribution in [0.2, 0.25) is 5.02 Å². The molecule has 0 radical (unpaired) electrons. The number of carbonyl (C=O) groups excluding carboxylic acids is 1. The van der Waals surface area contributed by atoms with Crippen molar-refractivity contribution < 1.29 is 13.2 Å². The van der Waals surface area contributed by atoms with Gasteiger partial charge in [0.2, 0.25) is 5.91 Å². The van der Waals surface area contributed by atoms with Gasteiger partial charge in [-0.15, -0.1) is 0 Å². The van der Waals surface area contributed by atoms with E-state index in [4.69, 9.17) is 11.6 Å². The molecule has 23 heavy (non-hydrogen) atoms. The van der Waals surface area contributed by atoms with Crippen LogP contribution in [0.1, 0.15) is 17.5 Å². The topological polar surface area (TPSA) is 75.3 Å². The van der Waals surface area contributed by atoms with E-state index in [9.17, 15) is 13.2 Å². The highest BCUT2D eigenvalue weighted by Gasteiger charge is 2.20. The molecule has 2 aromatic rings. The maximum atomic E-state index is 12.5. The molecule has 0 saturated carbocycles. The predicted molar refractivity (Wildman–Crippen MR) is 90.4 cm³/mol. The van der Waals surface area contributed by atoms with Crippen molar-refractivity contribution in [2.24, 2.45) is 0 Å². The van der Waals surface area contributed by atoms with E-state index in [1.807, 2.05) is 6.92 Å². The summed E-state index contributed by atoms with van der Waals surface area (Å²) in [5.74, 6) is -0.0551. The van der Waals surface area contributed by atoms with Crippen LogP contribution in [0.3, 0.4) is 0 Å². The summed E-state index contributed by atoms with van der Waals surface area (Å²) in [5, 5.41) is 3.23. The van der Waals surface area contributed by atoms with Gasteiger partial charge in [0.1, 0.15) is 0 Å². The first-order valence-corrected chi connectivity index (χ1v) is 8.93. The second-order valence-electron chi connectivity index (χ2n) is 5.44. The van der Waals surface area contributed by atoms with Crippen LogP contribution >= 0.6 is 11.6 Å². The summed E-state index contributed by atoms with van der Waals surface area (Å²) in [7, 11) is -3.71. The third kappa shape index (κ3) is 3.33. The molecule has 0 aromatic heterocycles. The van der Waals surface area contributed by atoms with Crippen molar-refractivity contribution in [3.8, 4) is 0 Å². The number of fused-ring (bicyclic) bond motifs is 1. The summed E-state index contributed by atoms with van der Waals surface area (Å²) < 4.78 is 27.5. The lowest BCUT2D eigenvalue weighted by molar-refractivity contribution is -0.116. The van der Waals surface area contributed by atoms with Gasteiger partial charge in [-0.25, -0.2) is 8.42 Å². The molecule has 1 heterocycles. The van der Waals surface area contributed by atoms with Crippen molar-refractivity contribution in [2.45, 2.75) is 24.7 Å². The number of carbonyl (C=O) groups is 1. The normalized spacial score (nSPS) is 14.1. The van der Waals surface area contributed by atoms with Gasteiger partial charge in [0.25, 0.3) is 10.0 Å². The molecule has 0 bridgehead atoms. The molecule has 0 aliphatic carbocycles. The number of hydrogen-bond acceptors (Lipinski definition) is 3. The Balaban J connectivity index is 1.90. The summed E-state index contributed by atoms with van der Waals surface area (Å²) in [6.07, 6.45) is 0.887. The third-order valence-corrected chi connectivity index (χ3v) is 5.49. The van der Waals surface area contributed by atoms with Crippen LogP contribution in [0.15, 0.2) is 41.3 Å². The smallest absolute Gasteiger partial charge is 0.261 e. The minimum absolute atomic E-state index is 0.0551. The molecule has 1 aliphatic rings. The first kappa shape index (κ1) is 15.8. The average Bonchev–Trinajstić information content (AvgIpc) is 2.50. The Hall–Kier alpha value is -2.05. The fourth-order valence-electron chi connectivity index (χ4n) is 2.40. The fourth-order valence-corrected chi connectivity index (χ4v) is 3.68. The first-order chi connectivity index (χ1) is 10.8. The standard InChI is InChI=1S/C16H15ClN2O3S/c1-10-2-4-12(9-14(10)17)19-23(21,22)13-5-6-15-11(8-13)3-7-16(20)18-15/h2,4-6,8-9,19H,3,7H2,1H3,(H,18,20). The molecule has 1 aliphatic heterocycles. The Kier molecular flexibility index (Phi) is 4.04. The predicted octanol–water partition coefficient (Wildman–Crippen LogP) is 3.33. The van der Waals surface area contributed by atoms with Gasteiger partial charge in [-0.05, 0) is 54.8 Å². The lowest BCUT2D eigenvalue weighted by Crippen LogP contribution is -2.20. The van der Waals surface area contributed by atoms with Crippen molar-refractivity contribution in [1.82, 2.24) is 0 Å². The summed E-state index contributed by atoms with van der Waals surface area (Å²) in [6, 6.07) is 9.67. The van der Waals surface area contributed by atoms with E-state index >= 15 is 0 Å². The molecule has 0 atom stereocenters. The van der Waals surface area contributed by atoms with Gasteiger partial charge >= 0.3 is 0 Å². The molecule has 0 saturated heterocycles. The number of benzene rings is 2. The van der Waals surface area contributed by atoms with E-state index in [1.54, 1.807) is 30.3 Å². The number of amides is 1. The van der Waals surface area contributed by atoms with Gasteiger partial charge in [-0.3, -0.25) is 9.52 Å². The third-order valence-electron chi connectivity index (χ3n) is 3.71. The van der Waals surface area contributed by atoms with E-state index in [1.165, 1.54) is 6.07 Å². The second kappa shape index (κ2) is 5.86.